The Morgan fingerprint density at radius 2 is 1.61 bits per heavy atom. The van der Waals surface area contributed by atoms with Crippen LogP contribution in [-0.4, -0.2) is 60.4 Å². The number of nitrogens with zero attached hydrogens (tertiary/aromatic N) is 3. The van der Waals surface area contributed by atoms with Crippen molar-refractivity contribution < 1.29 is 9.59 Å². The zero-order chi connectivity index (χ0) is 21.2. The van der Waals surface area contributed by atoms with Crippen LogP contribution in [0, 0.1) is 0 Å². The second-order valence-electron chi connectivity index (χ2n) is 8.85. The van der Waals surface area contributed by atoms with Crippen LogP contribution in [0.15, 0.2) is 48.5 Å². The first-order valence-electron chi connectivity index (χ1n) is 11.5. The fraction of sp³-hybridized carbons (Fsp3) is 0.440. The second kappa shape index (κ2) is 8.81. The first-order valence-corrected chi connectivity index (χ1v) is 11.5. The SMILES string of the molecule is O=C1Nc2ccccc2N(C(=O)CN2CCCCC2CN2CCCC2)c2ccccc21. The smallest absolute Gasteiger partial charge is 0.257 e. The molecule has 0 aliphatic carbocycles. The summed E-state index contributed by atoms with van der Waals surface area (Å²) >= 11 is 0. The fourth-order valence-corrected chi connectivity index (χ4v) is 5.21. The Hall–Kier alpha value is -2.70. The molecule has 0 bridgehead atoms. The number of carbonyl (C=O) groups excluding carboxylic acids is 2. The Bertz CT molecular complexity index is 969. The number of likely N-dealkylation sites (tertiary alicyclic amines) is 2. The molecule has 31 heavy (non-hydrogen) atoms. The van der Waals surface area contributed by atoms with Crippen molar-refractivity contribution in [1.29, 1.82) is 0 Å². The number of benzene rings is 2. The highest BCUT2D eigenvalue weighted by atomic mass is 16.2. The van der Waals surface area contributed by atoms with Gasteiger partial charge in [-0.25, -0.2) is 0 Å². The molecule has 3 aliphatic rings. The summed E-state index contributed by atoms with van der Waals surface area (Å²) < 4.78 is 0. The molecule has 162 valence electrons. The number of hydrogen-bond donors (Lipinski definition) is 1. The maximum absolute atomic E-state index is 13.8. The highest BCUT2D eigenvalue weighted by molar-refractivity contribution is 6.17. The van der Waals surface area contributed by atoms with Gasteiger partial charge in [0.1, 0.15) is 0 Å². The van der Waals surface area contributed by atoms with E-state index < -0.39 is 0 Å². The van der Waals surface area contributed by atoms with E-state index in [9.17, 15) is 9.59 Å². The molecule has 3 aliphatic heterocycles. The van der Waals surface area contributed by atoms with E-state index in [4.69, 9.17) is 0 Å². The monoisotopic (exact) mass is 418 g/mol. The van der Waals surface area contributed by atoms with Gasteiger partial charge in [-0.05, 0) is 69.6 Å². The van der Waals surface area contributed by atoms with E-state index in [0.717, 1.165) is 31.6 Å². The van der Waals surface area contributed by atoms with E-state index in [1.807, 2.05) is 42.5 Å². The molecular weight excluding hydrogens is 388 g/mol. The lowest BCUT2D eigenvalue weighted by molar-refractivity contribution is -0.120. The molecule has 1 unspecified atom stereocenters. The van der Waals surface area contributed by atoms with Gasteiger partial charge in [0.25, 0.3) is 5.91 Å². The minimum atomic E-state index is -0.178. The van der Waals surface area contributed by atoms with Crippen molar-refractivity contribution in [2.45, 2.75) is 38.1 Å². The highest BCUT2D eigenvalue weighted by Crippen LogP contribution is 2.38. The maximum Gasteiger partial charge on any atom is 0.257 e. The van der Waals surface area contributed by atoms with Crippen LogP contribution < -0.4 is 10.2 Å². The van der Waals surface area contributed by atoms with E-state index in [1.165, 1.54) is 32.4 Å². The van der Waals surface area contributed by atoms with Crippen molar-refractivity contribution in [3.63, 3.8) is 0 Å². The third kappa shape index (κ3) is 4.10. The van der Waals surface area contributed by atoms with Crippen LogP contribution in [0.25, 0.3) is 0 Å². The highest BCUT2D eigenvalue weighted by Gasteiger charge is 2.32. The van der Waals surface area contributed by atoms with Crippen molar-refractivity contribution in [2.75, 3.05) is 42.9 Å². The van der Waals surface area contributed by atoms with E-state index in [2.05, 4.69) is 15.1 Å². The first kappa shape index (κ1) is 20.2. The largest absolute Gasteiger partial charge is 0.320 e. The summed E-state index contributed by atoms with van der Waals surface area (Å²) in [4.78, 5) is 33.2. The van der Waals surface area contributed by atoms with E-state index >= 15 is 0 Å². The van der Waals surface area contributed by atoms with Crippen molar-refractivity contribution in [2.24, 2.45) is 0 Å². The number of rotatable bonds is 4. The van der Waals surface area contributed by atoms with Crippen molar-refractivity contribution >= 4 is 28.9 Å². The van der Waals surface area contributed by atoms with E-state index in [1.54, 1.807) is 11.0 Å². The normalized spacial score (nSPS) is 21.9. The molecule has 2 fully saturated rings. The van der Waals surface area contributed by atoms with Gasteiger partial charge >= 0.3 is 0 Å². The lowest BCUT2D eigenvalue weighted by Crippen LogP contribution is -2.50. The Balaban J connectivity index is 1.44. The molecule has 2 aromatic carbocycles. The topological polar surface area (TPSA) is 55.9 Å². The molecule has 5 rings (SSSR count). The molecule has 0 spiro atoms. The molecular formula is C25H30N4O2. The molecule has 2 aromatic rings. The summed E-state index contributed by atoms with van der Waals surface area (Å²) in [7, 11) is 0. The van der Waals surface area contributed by atoms with Crippen LogP contribution in [0.5, 0.6) is 0 Å². The zero-order valence-corrected chi connectivity index (χ0v) is 17.9. The van der Waals surface area contributed by atoms with Gasteiger partial charge in [-0.1, -0.05) is 30.7 Å². The number of nitrogens with one attached hydrogen (secondary N) is 1. The average molecular weight is 419 g/mol. The number of amides is 2. The van der Waals surface area contributed by atoms with E-state index in [0.29, 0.717) is 29.5 Å². The number of carbonyl (C=O) groups is 2. The molecule has 0 radical (unpaired) electrons. The Morgan fingerprint density at radius 1 is 0.903 bits per heavy atom. The quantitative estimate of drug-likeness (QED) is 0.819. The molecule has 0 saturated carbocycles. The van der Waals surface area contributed by atoms with Crippen LogP contribution in [0.1, 0.15) is 42.5 Å². The van der Waals surface area contributed by atoms with E-state index in [-0.39, 0.29) is 11.8 Å². The van der Waals surface area contributed by atoms with Crippen LogP contribution >= 0.6 is 0 Å². The number of anilines is 3. The first-order chi connectivity index (χ1) is 15.2. The minimum absolute atomic E-state index is 0.0183. The van der Waals surface area contributed by atoms with Gasteiger partial charge in [-0.3, -0.25) is 19.4 Å². The molecule has 2 amide bonds. The summed E-state index contributed by atoms with van der Waals surface area (Å²) in [5.74, 6) is -0.159. The molecule has 3 heterocycles. The van der Waals surface area contributed by atoms with Gasteiger partial charge < -0.3 is 10.2 Å². The summed E-state index contributed by atoms with van der Waals surface area (Å²) in [6.07, 6.45) is 6.09. The van der Waals surface area contributed by atoms with Crippen LogP contribution in [-0.2, 0) is 4.79 Å². The lowest BCUT2D eigenvalue weighted by atomic mass is 10.0. The van der Waals surface area contributed by atoms with Crippen LogP contribution in [0.3, 0.4) is 0 Å². The summed E-state index contributed by atoms with van der Waals surface area (Å²) in [6, 6.07) is 15.4. The standard InChI is InChI=1S/C25H30N4O2/c30-24(18-28-16-6-5-9-19(28)17-27-14-7-8-15-27)29-22-12-3-1-10-20(22)25(31)26-21-11-2-4-13-23(21)29/h1-4,10-13,19H,5-9,14-18H2,(H,26,31). The Kier molecular flexibility index (Phi) is 5.74. The lowest BCUT2D eigenvalue weighted by Gasteiger charge is -2.38. The summed E-state index contributed by atoms with van der Waals surface area (Å²) in [6.45, 7) is 4.74. The predicted molar refractivity (Wildman–Crippen MR) is 123 cm³/mol. The third-order valence-electron chi connectivity index (χ3n) is 6.79. The van der Waals surface area contributed by atoms with Crippen LogP contribution in [0.4, 0.5) is 17.1 Å². The second-order valence-corrected chi connectivity index (χ2v) is 8.85. The van der Waals surface area contributed by atoms with Crippen molar-refractivity contribution in [3.05, 3.63) is 54.1 Å². The average Bonchev–Trinajstić information content (AvgIpc) is 3.25. The van der Waals surface area contributed by atoms with Gasteiger partial charge in [0.2, 0.25) is 5.91 Å². The number of piperidine rings is 1. The molecule has 1 N–H and O–H groups in total. The van der Waals surface area contributed by atoms with Gasteiger partial charge in [0.05, 0.1) is 29.2 Å². The zero-order valence-electron chi connectivity index (χ0n) is 17.9. The summed E-state index contributed by atoms with van der Waals surface area (Å²) in [5.41, 5.74) is 2.59. The predicted octanol–water partition coefficient (Wildman–Crippen LogP) is 3.87. The van der Waals surface area contributed by atoms with Gasteiger partial charge in [0.15, 0.2) is 0 Å². The maximum atomic E-state index is 13.8. The van der Waals surface area contributed by atoms with Crippen molar-refractivity contribution in [3.8, 4) is 0 Å². The molecule has 1 atom stereocenters. The molecule has 2 saturated heterocycles. The van der Waals surface area contributed by atoms with Crippen molar-refractivity contribution in [1.82, 2.24) is 9.80 Å². The number of para-hydroxylation sites is 3. The third-order valence-corrected chi connectivity index (χ3v) is 6.79. The van der Waals surface area contributed by atoms with Gasteiger partial charge in [0, 0.05) is 12.6 Å². The van der Waals surface area contributed by atoms with Gasteiger partial charge in [-0.15, -0.1) is 0 Å². The fourth-order valence-electron chi connectivity index (χ4n) is 5.21. The Morgan fingerprint density at radius 3 is 2.45 bits per heavy atom. The number of fused-ring (bicyclic) bond motifs is 2. The Labute approximate surface area is 183 Å². The van der Waals surface area contributed by atoms with Crippen LogP contribution in [0.2, 0.25) is 0 Å². The minimum Gasteiger partial charge on any atom is -0.320 e. The van der Waals surface area contributed by atoms with Gasteiger partial charge in [-0.2, -0.15) is 0 Å². The molecule has 6 nitrogen and oxygen atoms in total. The molecule has 0 aromatic heterocycles. The molecule has 6 heteroatoms. The summed E-state index contributed by atoms with van der Waals surface area (Å²) in [5, 5.41) is 2.97. The number of hydrogen-bond acceptors (Lipinski definition) is 4.